The molecule has 2 N–H and O–H groups in total. The number of carbonyl (C=O) groups is 1. The minimum absolute atomic E-state index is 0. The number of anilines is 1. The topological polar surface area (TPSA) is 83.8 Å². The van der Waals surface area contributed by atoms with Gasteiger partial charge >= 0.3 is 14.4 Å². The van der Waals surface area contributed by atoms with E-state index in [2.05, 4.69) is 5.32 Å². The SMILES string of the molecule is CCNC1CCN(c2c(F)cc3c(=O)c(C(=O)O)cn(CCF)c3c2OC)C1.[B+3].[F-].[F-].[F-]. The number of fused-ring (bicyclic) bond motifs is 1. The van der Waals surface area contributed by atoms with Crippen LogP contribution >= 0.6 is 0 Å². The molecule has 0 spiro atoms. The molecule has 3 rings (SSSR count). The van der Waals surface area contributed by atoms with Crippen LogP contribution in [0.5, 0.6) is 5.75 Å². The number of aromatic nitrogens is 1. The second-order valence-electron chi connectivity index (χ2n) is 6.69. The monoisotopic (exact) mass is 463 g/mol. The van der Waals surface area contributed by atoms with Crippen molar-refractivity contribution in [2.75, 3.05) is 38.3 Å². The Morgan fingerprint density at radius 2 is 2.00 bits per heavy atom. The van der Waals surface area contributed by atoms with E-state index >= 15 is 4.39 Å². The van der Waals surface area contributed by atoms with E-state index in [9.17, 15) is 19.1 Å². The van der Waals surface area contributed by atoms with Crippen LogP contribution in [0.4, 0.5) is 14.5 Å². The van der Waals surface area contributed by atoms with Crippen LogP contribution in [0.15, 0.2) is 17.1 Å². The average Bonchev–Trinajstić information content (AvgIpc) is 3.11. The molecule has 1 aromatic carbocycles. The van der Waals surface area contributed by atoms with E-state index in [0.717, 1.165) is 25.2 Å². The van der Waals surface area contributed by atoms with Crippen molar-refractivity contribution < 1.29 is 37.5 Å². The minimum Gasteiger partial charge on any atom is -1.00 e. The van der Waals surface area contributed by atoms with Gasteiger partial charge in [-0.2, -0.15) is 0 Å². The van der Waals surface area contributed by atoms with E-state index in [1.165, 1.54) is 11.7 Å². The van der Waals surface area contributed by atoms with Gasteiger partial charge in [-0.05, 0) is 19.0 Å². The summed E-state index contributed by atoms with van der Waals surface area (Å²) in [6.45, 7) is 2.99. The number of likely N-dealkylation sites (N-methyl/N-ethyl adjacent to an activating group) is 1. The number of pyridine rings is 1. The summed E-state index contributed by atoms with van der Waals surface area (Å²) in [5.41, 5.74) is -0.972. The number of hydrogen-bond donors (Lipinski definition) is 2. The molecule has 2 aromatic rings. The largest absolute Gasteiger partial charge is 3.00 e. The Morgan fingerprint density at radius 3 is 2.53 bits per heavy atom. The molecule has 1 aromatic heterocycles. The molecule has 2 heterocycles. The fraction of sp³-hybridized carbons (Fsp3) is 0.474. The van der Waals surface area contributed by atoms with Crippen LogP contribution < -0.4 is 34.5 Å². The third-order valence-electron chi connectivity index (χ3n) is 5.00. The predicted molar refractivity (Wildman–Crippen MR) is 108 cm³/mol. The molecule has 0 saturated carbocycles. The summed E-state index contributed by atoms with van der Waals surface area (Å²) in [5.74, 6) is -2.02. The molecule has 0 amide bonds. The van der Waals surface area contributed by atoms with Gasteiger partial charge in [0.25, 0.3) is 0 Å². The second-order valence-corrected chi connectivity index (χ2v) is 6.69. The van der Waals surface area contributed by atoms with E-state index in [1.807, 2.05) is 11.8 Å². The number of hydrogen-bond acceptors (Lipinski definition) is 5. The Kier molecular flexibility index (Phi) is 12.6. The van der Waals surface area contributed by atoms with Crippen molar-refractivity contribution in [2.45, 2.75) is 25.9 Å². The predicted octanol–water partition coefficient (Wildman–Crippen LogP) is -7.36. The molecule has 7 nitrogen and oxygen atoms in total. The van der Waals surface area contributed by atoms with Crippen LogP contribution in [-0.4, -0.2) is 63.5 Å². The van der Waals surface area contributed by atoms with E-state index in [1.54, 1.807) is 0 Å². The first-order valence-electron chi connectivity index (χ1n) is 9.14. The number of aryl methyl sites for hydroxylation is 1. The van der Waals surface area contributed by atoms with Crippen molar-refractivity contribution in [1.29, 1.82) is 0 Å². The van der Waals surface area contributed by atoms with Crippen molar-refractivity contribution >= 4 is 31.0 Å². The van der Waals surface area contributed by atoms with Gasteiger partial charge in [0.05, 0.1) is 24.6 Å². The zero-order valence-electron chi connectivity index (χ0n) is 17.5. The summed E-state index contributed by atoms with van der Waals surface area (Å²) >= 11 is 0. The minimum atomic E-state index is -1.45. The number of alkyl halides is 1. The van der Waals surface area contributed by atoms with Crippen LogP contribution in [0.3, 0.4) is 0 Å². The van der Waals surface area contributed by atoms with E-state index in [0.29, 0.717) is 13.1 Å². The van der Waals surface area contributed by atoms with Crippen LogP contribution in [0.2, 0.25) is 0 Å². The molecule has 0 bridgehead atoms. The number of benzene rings is 1. The number of ether oxygens (including phenoxy) is 1. The Bertz CT molecular complexity index is 976. The molecule has 1 fully saturated rings. The first-order chi connectivity index (χ1) is 13.4. The number of methoxy groups -OCH3 is 1. The molecule has 32 heavy (non-hydrogen) atoms. The molecule has 1 aliphatic rings. The quantitative estimate of drug-likeness (QED) is 0.314. The summed E-state index contributed by atoms with van der Waals surface area (Å²) < 4.78 is 34.9. The molecule has 176 valence electrons. The molecule has 0 radical (unpaired) electrons. The smallest absolute Gasteiger partial charge is 1.00 e. The molecule has 1 saturated heterocycles. The number of carboxylic acid groups (broad SMARTS) is 1. The number of nitrogens with one attached hydrogen (secondary N) is 1. The number of carboxylic acids is 1. The third kappa shape index (κ3) is 5.50. The van der Waals surface area contributed by atoms with Gasteiger partial charge in [-0.3, -0.25) is 4.79 Å². The second kappa shape index (κ2) is 12.9. The Balaban J connectivity index is 0. The normalized spacial score (nSPS) is 14.6. The fourth-order valence-electron chi connectivity index (χ4n) is 3.82. The van der Waals surface area contributed by atoms with Crippen molar-refractivity contribution in [2.24, 2.45) is 0 Å². The molecule has 13 heteroatoms. The van der Waals surface area contributed by atoms with Gasteiger partial charge in [-0.15, -0.1) is 0 Å². The van der Waals surface area contributed by atoms with E-state index in [4.69, 9.17) is 4.74 Å². The summed E-state index contributed by atoms with van der Waals surface area (Å²) in [5, 5.41) is 12.5. The standard InChI is InChI=1S/C19H23F2N3O4.B.3FH/c1-3-22-11-4-6-23(9-11)16-14(21)8-12-15(18(16)28-2)24(7-5-20)10-13(17(12)25)19(26)27;;;;/h8,10-11,22H,3-7,9H2,1-2H3,(H,26,27);;3*1H/q;+3;;;/p-3. The van der Waals surface area contributed by atoms with Crippen LogP contribution in [0.25, 0.3) is 10.9 Å². The number of rotatable bonds is 7. The van der Waals surface area contributed by atoms with Gasteiger partial charge in [0.2, 0.25) is 5.43 Å². The van der Waals surface area contributed by atoms with Gasteiger partial charge in [-0.25, -0.2) is 13.6 Å². The summed E-state index contributed by atoms with van der Waals surface area (Å²) in [6, 6.07) is 1.23. The first kappa shape index (κ1) is 31.4. The number of aromatic carboxylic acids is 1. The number of halogens is 5. The van der Waals surface area contributed by atoms with E-state index < -0.39 is 29.5 Å². The Hall–Kier alpha value is -2.83. The Morgan fingerprint density at radius 1 is 1.34 bits per heavy atom. The zero-order chi connectivity index (χ0) is 20.4. The fourth-order valence-corrected chi connectivity index (χ4v) is 3.82. The number of nitrogens with zero attached hydrogens (tertiary/aromatic N) is 2. The van der Waals surface area contributed by atoms with Gasteiger partial charge < -0.3 is 38.7 Å². The maximum Gasteiger partial charge on any atom is 3.00 e. The first-order valence-corrected chi connectivity index (χ1v) is 9.14. The zero-order valence-corrected chi connectivity index (χ0v) is 17.5. The van der Waals surface area contributed by atoms with Crippen LogP contribution in [0.1, 0.15) is 23.7 Å². The molecule has 0 aliphatic carbocycles. The molecular formula is C19H23BF5N3O4. The molecular weight excluding hydrogens is 440 g/mol. The van der Waals surface area contributed by atoms with Gasteiger partial charge in [0.1, 0.15) is 17.9 Å². The summed E-state index contributed by atoms with van der Waals surface area (Å²) in [6.07, 6.45) is 1.91. The summed E-state index contributed by atoms with van der Waals surface area (Å²) in [4.78, 5) is 25.8. The van der Waals surface area contributed by atoms with Gasteiger partial charge in [0.15, 0.2) is 11.6 Å². The van der Waals surface area contributed by atoms with Gasteiger partial charge in [-0.1, -0.05) is 6.92 Å². The van der Waals surface area contributed by atoms with Crippen LogP contribution in [-0.2, 0) is 6.54 Å². The van der Waals surface area contributed by atoms with Crippen molar-refractivity contribution in [3.05, 3.63) is 33.9 Å². The van der Waals surface area contributed by atoms with E-state index in [-0.39, 0.29) is 57.5 Å². The Labute approximate surface area is 183 Å². The van der Waals surface area contributed by atoms with Crippen molar-refractivity contribution in [1.82, 2.24) is 9.88 Å². The van der Waals surface area contributed by atoms with Crippen molar-refractivity contribution in [3.8, 4) is 5.75 Å². The molecule has 1 atom stereocenters. The average molecular weight is 463 g/mol. The van der Waals surface area contributed by atoms with Crippen LogP contribution in [0, 0.1) is 5.82 Å². The summed E-state index contributed by atoms with van der Waals surface area (Å²) in [7, 11) is 1.35. The maximum atomic E-state index is 15.1. The van der Waals surface area contributed by atoms with Crippen molar-refractivity contribution in [3.63, 3.8) is 0 Å². The molecule has 1 unspecified atom stereocenters. The maximum absolute atomic E-state index is 15.1. The molecule has 1 aliphatic heterocycles. The van der Waals surface area contributed by atoms with Gasteiger partial charge in [0, 0.05) is 25.3 Å². The third-order valence-corrected chi connectivity index (χ3v) is 5.00.